The first kappa shape index (κ1) is 20.6. The lowest BCUT2D eigenvalue weighted by Crippen LogP contribution is -2.32. The highest BCUT2D eigenvalue weighted by molar-refractivity contribution is 5.89. The minimum atomic E-state index is -1.10. The van der Waals surface area contributed by atoms with Crippen LogP contribution >= 0.6 is 0 Å². The van der Waals surface area contributed by atoms with Crippen molar-refractivity contribution in [2.24, 2.45) is 0 Å². The van der Waals surface area contributed by atoms with E-state index in [0.29, 0.717) is 39.5 Å². The van der Waals surface area contributed by atoms with Crippen molar-refractivity contribution < 1.29 is 32.9 Å². The van der Waals surface area contributed by atoms with Crippen molar-refractivity contribution in [2.45, 2.75) is 18.9 Å². The first-order chi connectivity index (χ1) is 15.0. The maximum atomic E-state index is 13.0. The van der Waals surface area contributed by atoms with Crippen LogP contribution in [0.2, 0.25) is 0 Å². The third kappa shape index (κ3) is 3.34. The second-order valence-corrected chi connectivity index (χ2v) is 6.85. The van der Waals surface area contributed by atoms with Gasteiger partial charge in [-0.25, -0.2) is 9.59 Å². The molecule has 0 spiro atoms. The SMILES string of the molecule is CCOC(=O)[C@H]1Oc2c(c(=O)oc3ccccc23)[C@@H]1c1cc(OC)c(OC)cc1OC. The van der Waals surface area contributed by atoms with Crippen LogP contribution in [0.3, 0.4) is 0 Å². The number of ether oxygens (including phenoxy) is 5. The summed E-state index contributed by atoms with van der Waals surface area (Å²) in [6.07, 6.45) is -1.10. The molecule has 8 heteroatoms. The van der Waals surface area contributed by atoms with E-state index in [0.717, 1.165) is 0 Å². The minimum Gasteiger partial charge on any atom is -0.496 e. The molecule has 31 heavy (non-hydrogen) atoms. The van der Waals surface area contributed by atoms with Crippen molar-refractivity contribution in [3.05, 3.63) is 57.9 Å². The van der Waals surface area contributed by atoms with Gasteiger partial charge in [-0.15, -0.1) is 0 Å². The molecule has 0 saturated heterocycles. The summed E-state index contributed by atoms with van der Waals surface area (Å²) in [6, 6.07) is 10.3. The topological polar surface area (TPSA) is 93.4 Å². The van der Waals surface area contributed by atoms with Crippen LogP contribution in [0.1, 0.15) is 24.0 Å². The first-order valence-corrected chi connectivity index (χ1v) is 9.72. The Hall–Kier alpha value is -3.68. The molecule has 4 rings (SSSR count). The summed E-state index contributed by atoms with van der Waals surface area (Å²) in [5.74, 6) is 0.140. The predicted octanol–water partition coefficient (Wildman–Crippen LogP) is 3.27. The highest BCUT2D eigenvalue weighted by Crippen LogP contribution is 2.49. The summed E-state index contributed by atoms with van der Waals surface area (Å²) in [4.78, 5) is 25.9. The zero-order chi connectivity index (χ0) is 22.1. The molecule has 1 aliphatic heterocycles. The van der Waals surface area contributed by atoms with E-state index in [2.05, 4.69) is 0 Å². The van der Waals surface area contributed by atoms with Crippen molar-refractivity contribution >= 4 is 16.9 Å². The molecule has 2 aromatic carbocycles. The second-order valence-electron chi connectivity index (χ2n) is 6.85. The Morgan fingerprint density at radius 2 is 1.68 bits per heavy atom. The summed E-state index contributed by atoms with van der Waals surface area (Å²) >= 11 is 0. The highest BCUT2D eigenvalue weighted by atomic mass is 16.6. The standard InChI is InChI=1S/C23H22O8/c1-5-29-23(25)21-18(13-10-16(27-3)17(28-4)11-15(13)26-2)19-20(31-21)12-8-6-7-9-14(12)30-22(19)24/h6-11,18,21H,5H2,1-4H3/t18-,21-/m0/s1. The zero-order valence-corrected chi connectivity index (χ0v) is 17.6. The number of para-hydroxylation sites is 1. The number of rotatable bonds is 6. The van der Waals surface area contributed by atoms with Gasteiger partial charge in [0.25, 0.3) is 0 Å². The van der Waals surface area contributed by atoms with Gasteiger partial charge in [-0.05, 0) is 25.1 Å². The third-order valence-corrected chi connectivity index (χ3v) is 5.25. The van der Waals surface area contributed by atoms with Gasteiger partial charge < -0.3 is 28.1 Å². The van der Waals surface area contributed by atoms with E-state index in [9.17, 15) is 9.59 Å². The lowest BCUT2D eigenvalue weighted by atomic mass is 9.87. The molecule has 8 nitrogen and oxygen atoms in total. The summed E-state index contributed by atoms with van der Waals surface area (Å²) < 4.78 is 33.2. The van der Waals surface area contributed by atoms with Gasteiger partial charge in [0.2, 0.25) is 6.10 Å². The number of carbonyl (C=O) groups excluding carboxylic acids is 1. The number of benzene rings is 2. The molecule has 1 aromatic heterocycles. The fourth-order valence-electron chi connectivity index (χ4n) is 3.90. The Kier molecular flexibility index (Phi) is 5.46. The van der Waals surface area contributed by atoms with Gasteiger partial charge in [0.1, 0.15) is 17.1 Å². The van der Waals surface area contributed by atoms with Crippen LogP contribution in [0.15, 0.2) is 45.6 Å². The number of hydrogen-bond donors (Lipinski definition) is 0. The largest absolute Gasteiger partial charge is 0.496 e. The maximum Gasteiger partial charge on any atom is 0.348 e. The Bertz CT molecular complexity index is 1200. The third-order valence-electron chi connectivity index (χ3n) is 5.25. The van der Waals surface area contributed by atoms with Crippen LogP contribution in [0, 0.1) is 0 Å². The summed E-state index contributed by atoms with van der Waals surface area (Å²) in [6.45, 7) is 1.87. The van der Waals surface area contributed by atoms with Crippen molar-refractivity contribution in [3.63, 3.8) is 0 Å². The van der Waals surface area contributed by atoms with Crippen molar-refractivity contribution in [2.75, 3.05) is 27.9 Å². The molecule has 3 aromatic rings. The van der Waals surface area contributed by atoms with Gasteiger partial charge >= 0.3 is 11.6 Å². The van der Waals surface area contributed by atoms with E-state index in [1.54, 1.807) is 43.3 Å². The number of fused-ring (bicyclic) bond motifs is 3. The predicted molar refractivity (Wildman–Crippen MR) is 111 cm³/mol. The van der Waals surface area contributed by atoms with E-state index in [1.807, 2.05) is 0 Å². The molecule has 0 bridgehead atoms. The van der Waals surface area contributed by atoms with E-state index in [-0.39, 0.29) is 12.2 Å². The van der Waals surface area contributed by atoms with E-state index >= 15 is 0 Å². The summed E-state index contributed by atoms with van der Waals surface area (Å²) in [5.41, 5.74) is 0.512. The molecule has 162 valence electrons. The number of carbonyl (C=O) groups is 1. The minimum absolute atomic E-state index is 0.167. The second kappa shape index (κ2) is 8.22. The smallest absolute Gasteiger partial charge is 0.348 e. The lowest BCUT2D eigenvalue weighted by molar-refractivity contribution is -0.151. The molecule has 0 N–H and O–H groups in total. The molecule has 0 aliphatic carbocycles. The average molecular weight is 426 g/mol. The van der Waals surface area contributed by atoms with E-state index in [1.165, 1.54) is 21.3 Å². The number of hydrogen-bond acceptors (Lipinski definition) is 8. The monoisotopic (exact) mass is 426 g/mol. The van der Waals surface area contributed by atoms with Gasteiger partial charge in [0.05, 0.1) is 44.8 Å². The van der Waals surface area contributed by atoms with Crippen LogP contribution in [-0.4, -0.2) is 40.0 Å². The highest BCUT2D eigenvalue weighted by Gasteiger charge is 2.46. The zero-order valence-electron chi connectivity index (χ0n) is 17.6. The van der Waals surface area contributed by atoms with Gasteiger partial charge in [0.15, 0.2) is 11.5 Å². The van der Waals surface area contributed by atoms with Crippen LogP contribution in [0.4, 0.5) is 0 Å². The van der Waals surface area contributed by atoms with Gasteiger partial charge in [-0.1, -0.05) is 12.1 Å². The molecule has 2 atom stereocenters. The summed E-state index contributed by atoms with van der Waals surface area (Å²) in [7, 11) is 4.49. The van der Waals surface area contributed by atoms with Crippen molar-refractivity contribution in [1.29, 1.82) is 0 Å². The molecule has 1 aliphatic rings. The van der Waals surface area contributed by atoms with Crippen LogP contribution in [0.5, 0.6) is 23.0 Å². The molecule has 0 fully saturated rings. The lowest BCUT2D eigenvalue weighted by Gasteiger charge is -2.21. The molecule has 0 radical (unpaired) electrons. The average Bonchev–Trinajstić information content (AvgIpc) is 3.20. The summed E-state index contributed by atoms with van der Waals surface area (Å²) in [5, 5.41) is 0.591. The molecule has 0 unspecified atom stereocenters. The number of methoxy groups -OCH3 is 3. The maximum absolute atomic E-state index is 13.0. The fraction of sp³-hybridized carbons (Fsp3) is 0.304. The first-order valence-electron chi connectivity index (χ1n) is 9.72. The van der Waals surface area contributed by atoms with Gasteiger partial charge in [0, 0.05) is 11.6 Å². The van der Waals surface area contributed by atoms with Crippen LogP contribution in [0.25, 0.3) is 11.0 Å². The molecule has 2 heterocycles. The van der Waals surface area contributed by atoms with E-state index < -0.39 is 23.6 Å². The Morgan fingerprint density at radius 1 is 1.00 bits per heavy atom. The Balaban J connectivity index is 2.01. The fourth-order valence-corrected chi connectivity index (χ4v) is 3.90. The molecule has 0 amide bonds. The molecular weight excluding hydrogens is 404 g/mol. The molecular formula is C23H22O8. The quantitative estimate of drug-likeness (QED) is 0.438. The number of esters is 1. The van der Waals surface area contributed by atoms with Crippen molar-refractivity contribution in [1.82, 2.24) is 0 Å². The van der Waals surface area contributed by atoms with Gasteiger partial charge in [-0.2, -0.15) is 0 Å². The normalized spacial score (nSPS) is 17.0. The van der Waals surface area contributed by atoms with Crippen LogP contribution < -0.4 is 24.6 Å². The Labute approximate surface area is 178 Å². The van der Waals surface area contributed by atoms with E-state index in [4.69, 9.17) is 28.1 Å². The molecule has 0 saturated carbocycles. The Morgan fingerprint density at radius 3 is 2.35 bits per heavy atom. The van der Waals surface area contributed by atoms with Crippen molar-refractivity contribution in [3.8, 4) is 23.0 Å². The van der Waals surface area contributed by atoms with Crippen LogP contribution in [-0.2, 0) is 9.53 Å². The van der Waals surface area contributed by atoms with Gasteiger partial charge in [-0.3, -0.25) is 0 Å².